The Labute approximate surface area is 289 Å². The Morgan fingerprint density at radius 3 is 1.82 bits per heavy atom. The Bertz CT molecular complexity index is 2150. The van der Waals surface area contributed by atoms with Crippen molar-refractivity contribution in [2.24, 2.45) is 0 Å². The molecule has 13 heteroatoms. The van der Waals surface area contributed by atoms with Crippen LogP contribution < -0.4 is 14.7 Å². The first-order valence-electron chi connectivity index (χ1n) is 16.0. The number of hydrogen-bond donors (Lipinski definition) is 0. The highest BCUT2D eigenvalue weighted by Crippen LogP contribution is 2.35. The van der Waals surface area contributed by atoms with Crippen molar-refractivity contribution in [3.8, 4) is 0 Å². The van der Waals surface area contributed by atoms with Gasteiger partial charge < -0.3 is 0 Å². The van der Waals surface area contributed by atoms with E-state index in [9.17, 15) is 28.1 Å². The molecule has 2 atom stereocenters. The zero-order valence-electron chi connectivity index (χ0n) is 26.7. The van der Waals surface area contributed by atoms with E-state index in [0.717, 1.165) is 33.3 Å². The number of nitrogens with zero attached hydrogens (tertiary/aromatic N) is 6. The van der Waals surface area contributed by atoms with E-state index in [2.05, 4.69) is 0 Å². The highest BCUT2D eigenvalue weighted by atomic mass is 32.2. The molecule has 252 valence electrons. The molecule has 0 N–H and O–H groups in total. The van der Waals surface area contributed by atoms with E-state index < -0.39 is 37.6 Å². The van der Waals surface area contributed by atoms with Crippen molar-refractivity contribution in [3.63, 3.8) is 0 Å². The molecule has 0 saturated carbocycles. The van der Waals surface area contributed by atoms with Crippen LogP contribution in [-0.2, 0) is 22.9 Å². The smallest absolute Gasteiger partial charge is 0.292 e. The number of sulfonamides is 1. The molecule has 1 aromatic heterocycles. The summed E-state index contributed by atoms with van der Waals surface area (Å²) in [7, 11) is -4.69. The maximum atomic E-state index is 14.2. The molecule has 7 rings (SSSR count). The second-order valence-corrected chi connectivity index (χ2v) is 13.8. The van der Waals surface area contributed by atoms with Crippen LogP contribution in [0.1, 0.15) is 11.1 Å². The van der Waals surface area contributed by atoms with E-state index in [1.165, 1.54) is 17.0 Å². The topological polar surface area (TPSA) is 137 Å². The van der Waals surface area contributed by atoms with Crippen LogP contribution >= 0.6 is 0 Å². The molecule has 2 aliphatic rings. The third-order valence-corrected chi connectivity index (χ3v) is 10.8. The van der Waals surface area contributed by atoms with Crippen molar-refractivity contribution < 1.29 is 22.9 Å². The molecule has 12 nitrogen and oxygen atoms in total. The molecular weight excluding hydrogens is 657 g/mol. The Kier molecular flexibility index (Phi) is 8.73. The van der Waals surface area contributed by atoms with Gasteiger partial charge in [-0.3, -0.25) is 24.8 Å². The number of benzene rings is 4. The molecule has 4 amide bonds. The zero-order valence-corrected chi connectivity index (χ0v) is 27.5. The molecule has 0 bridgehead atoms. The molecule has 3 heterocycles. The molecule has 0 unspecified atom stereocenters. The Balaban J connectivity index is 1.26. The highest BCUT2D eigenvalue weighted by molar-refractivity contribution is 7.89. The van der Waals surface area contributed by atoms with E-state index in [1.54, 1.807) is 28.0 Å². The lowest BCUT2D eigenvalue weighted by atomic mass is 10.1. The summed E-state index contributed by atoms with van der Waals surface area (Å²) in [6.07, 6.45) is 0.712. The summed E-state index contributed by atoms with van der Waals surface area (Å²) in [5.41, 5.74) is 1.93. The standard InChI is InChI=1S/C37H32N6O6S/c44-36-39(29-17-8-3-9-18-29)25-30(23-27-13-4-1-5-14-27)41(36)35-22-12-21-34(38-35)40-26-31(24-28-15-6-2-7-16-28)42(37(40)45)50(48,49)33-20-11-10-19-32(33)43(46)47/h1-22,30-31H,23-26H2/t30-,31-/m0/s1. The fourth-order valence-electron chi connectivity index (χ4n) is 6.60. The summed E-state index contributed by atoms with van der Waals surface area (Å²) in [5.74, 6) is 0.453. The van der Waals surface area contributed by atoms with Gasteiger partial charge in [-0.25, -0.2) is 27.3 Å². The number of rotatable bonds is 10. The first-order chi connectivity index (χ1) is 24.2. The third kappa shape index (κ3) is 6.14. The first kappa shape index (κ1) is 32.5. The van der Waals surface area contributed by atoms with Gasteiger partial charge in [-0.05, 0) is 54.3 Å². The van der Waals surface area contributed by atoms with E-state index >= 15 is 0 Å². The Morgan fingerprint density at radius 2 is 1.18 bits per heavy atom. The lowest BCUT2D eigenvalue weighted by Crippen LogP contribution is -2.41. The first-order valence-corrected chi connectivity index (χ1v) is 17.5. The predicted octanol–water partition coefficient (Wildman–Crippen LogP) is 6.29. The number of urea groups is 2. The van der Waals surface area contributed by atoms with Gasteiger partial charge in [0.25, 0.3) is 15.7 Å². The van der Waals surface area contributed by atoms with E-state index in [1.807, 2.05) is 91.0 Å². The Hall–Kier alpha value is -6.08. The van der Waals surface area contributed by atoms with Gasteiger partial charge in [-0.1, -0.05) is 97.1 Å². The van der Waals surface area contributed by atoms with Gasteiger partial charge in [0.1, 0.15) is 11.6 Å². The Morgan fingerprint density at radius 1 is 0.640 bits per heavy atom. The maximum Gasteiger partial charge on any atom is 0.340 e. The fraction of sp³-hybridized carbons (Fsp3) is 0.162. The lowest BCUT2D eigenvalue weighted by Gasteiger charge is -2.24. The van der Waals surface area contributed by atoms with Crippen molar-refractivity contribution in [1.29, 1.82) is 0 Å². The van der Waals surface area contributed by atoms with Crippen molar-refractivity contribution in [3.05, 3.63) is 155 Å². The molecular formula is C37H32N6O6S. The van der Waals surface area contributed by atoms with E-state index in [4.69, 9.17) is 4.98 Å². The molecule has 5 aromatic rings. The number of nitro groups is 1. The molecule has 4 aromatic carbocycles. The number of carbonyl (C=O) groups is 2. The zero-order chi connectivity index (χ0) is 34.8. The fourth-order valence-corrected chi connectivity index (χ4v) is 8.31. The van der Waals surface area contributed by atoms with Gasteiger partial charge in [0.2, 0.25) is 0 Å². The quantitative estimate of drug-likeness (QED) is 0.124. The van der Waals surface area contributed by atoms with Gasteiger partial charge >= 0.3 is 12.1 Å². The molecule has 50 heavy (non-hydrogen) atoms. The van der Waals surface area contributed by atoms with Crippen LogP contribution in [0.2, 0.25) is 0 Å². The van der Waals surface area contributed by atoms with Crippen LogP contribution in [0.25, 0.3) is 0 Å². The van der Waals surface area contributed by atoms with Crippen LogP contribution in [0, 0.1) is 10.1 Å². The van der Waals surface area contributed by atoms with E-state index in [-0.39, 0.29) is 30.9 Å². The van der Waals surface area contributed by atoms with Crippen molar-refractivity contribution in [1.82, 2.24) is 9.29 Å². The predicted molar refractivity (Wildman–Crippen MR) is 189 cm³/mol. The molecule has 0 spiro atoms. The third-order valence-electron chi connectivity index (χ3n) is 8.88. The summed E-state index contributed by atoms with van der Waals surface area (Å²) >= 11 is 0. The van der Waals surface area contributed by atoms with Crippen LogP contribution in [-0.4, -0.2) is 59.9 Å². The van der Waals surface area contributed by atoms with Gasteiger partial charge in [0, 0.05) is 18.3 Å². The largest absolute Gasteiger partial charge is 0.340 e. The number of anilines is 3. The second-order valence-electron chi connectivity index (χ2n) is 12.1. The summed E-state index contributed by atoms with van der Waals surface area (Å²) in [6.45, 7) is 0.328. The SMILES string of the molecule is O=C1N(c2ccccc2)C[C@H](Cc2ccccc2)N1c1cccc(N2C[C@H](Cc3ccccc3)N(S(=O)(=O)c3ccccc3[N+](=O)[O-])C2=O)n1. The molecule has 2 saturated heterocycles. The van der Waals surface area contributed by atoms with E-state index in [0.29, 0.717) is 18.8 Å². The minimum absolute atomic E-state index is 0.0679. The number of carbonyl (C=O) groups excluding carboxylic acids is 2. The van der Waals surface area contributed by atoms with Crippen molar-refractivity contribution >= 4 is 45.1 Å². The normalized spacial score (nSPS) is 17.8. The van der Waals surface area contributed by atoms with Crippen LogP contribution in [0.3, 0.4) is 0 Å². The summed E-state index contributed by atoms with van der Waals surface area (Å²) in [6, 6.07) is 35.8. The number of pyridine rings is 1. The van der Waals surface area contributed by atoms with Gasteiger partial charge in [-0.2, -0.15) is 0 Å². The minimum Gasteiger partial charge on any atom is -0.292 e. The highest BCUT2D eigenvalue weighted by Gasteiger charge is 2.48. The monoisotopic (exact) mass is 688 g/mol. The average molecular weight is 689 g/mol. The second kappa shape index (κ2) is 13.4. The molecule has 0 aliphatic carbocycles. The molecule has 2 fully saturated rings. The van der Waals surface area contributed by atoms with Gasteiger partial charge in [0.15, 0.2) is 4.90 Å². The van der Waals surface area contributed by atoms with Crippen LogP contribution in [0.5, 0.6) is 0 Å². The summed E-state index contributed by atoms with van der Waals surface area (Å²) in [4.78, 5) is 48.1. The summed E-state index contributed by atoms with van der Waals surface area (Å²) < 4.78 is 29.0. The maximum absolute atomic E-state index is 14.2. The molecule has 0 radical (unpaired) electrons. The van der Waals surface area contributed by atoms with Gasteiger partial charge in [-0.15, -0.1) is 0 Å². The van der Waals surface area contributed by atoms with Crippen molar-refractivity contribution in [2.75, 3.05) is 27.8 Å². The number of hydrogen-bond acceptors (Lipinski definition) is 7. The van der Waals surface area contributed by atoms with Crippen LogP contribution in [0.4, 0.5) is 32.6 Å². The van der Waals surface area contributed by atoms with Crippen molar-refractivity contribution in [2.45, 2.75) is 29.8 Å². The summed E-state index contributed by atoms with van der Waals surface area (Å²) in [5, 5.41) is 11.9. The van der Waals surface area contributed by atoms with Crippen LogP contribution in [0.15, 0.2) is 138 Å². The minimum atomic E-state index is -4.69. The number of amides is 4. The molecule has 2 aliphatic heterocycles. The number of nitro benzene ring substituents is 1. The van der Waals surface area contributed by atoms with Gasteiger partial charge in [0.05, 0.1) is 23.6 Å². The number of para-hydroxylation sites is 2. The average Bonchev–Trinajstić information content (AvgIpc) is 3.64. The lowest BCUT2D eigenvalue weighted by molar-refractivity contribution is -0.387. The number of aromatic nitrogens is 1.